The molecule has 0 radical (unpaired) electrons. The van der Waals surface area contributed by atoms with E-state index in [-0.39, 0.29) is 0 Å². The van der Waals surface area contributed by atoms with Crippen LogP contribution in [0.2, 0.25) is 0 Å². The second kappa shape index (κ2) is 6.23. The number of alkyl halides is 2. The lowest BCUT2D eigenvalue weighted by Crippen LogP contribution is -2.23. The molecule has 2 unspecified atom stereocenters. The first-order chi connectivity index (χ1) is 5.95. The highest BCUT2D eigenvalue weighted by Crippen LogP contribution is 1.98. The summed E-state index contributed by atoms with van der Waals surface area (Å²) in [7, 11) is -1.64. The third kappa shape index (κ3) is 5.90. The molecule has 0 N–H and O–H groups in total. The van der Waals surface area contributed by atoms with Crippen molar-refractivity contribution in [3.63, 3.8) is 0 Å². The van der Waals surface area contributed by atoms with Crippen molar-refractivity contribution >= 4 is 45.1 Å². The fraction of sp³-hybridized carbons (Fsp3) is 0.667. The van der Waals surface area contributed by atoms with Crippen molar-refractivity contribution in [3.8, 4) is 0 Å². The Bertz CT molecular complexity index is 175. The molecule has 76 valence electrons. The molecule has 0 aliphatic rings. The maximum Gasteiger partial charge on any atom is 0.432 e. The lowest BCUT2D eigenvalue weighted by Gasteiger charge is -2.07. The summed E-state index contributed by atoms with van der Waals surface area (Å²) in [6.07, 6.45) is 0. The van der Waals surface area contributed by atoms with E-state index < -0.39 is 32.7 Å². The average Bonchev–Trinajstić information content (AvgIpc) is 2.03. The van der Waals surface area contributed by atoms with Gasteiger partial charge in [-0.2, -0.15) is 0 Å². The van der Waals surface area contributed by atoms with Crippen LogP contribution in [0.4, 0.5) is 0 Å². The Morgan fingerprint density at radius 2 is 1.38 bits per heavy atom. The monoisotopic (exact) mass is 244 g/mol. The van der Waals surface area contributed by atoms with E-state index in [4.69, 9.17) is 23.2 Å². The van der Waals surface area contributed by atoms with E-state index in [1.807, 2.05) is 0 Å². The molecule has 0 aromatic heterocycles. The van der Waals surface area contributed by atoms with Crippen LogP contribution in [0.1, 0.15) is 13.8 Å². The molecule has 13 heavy (non-hydrogen) atoms. The van der Waals surface area contributed by atoms with Gasteiger partial charge in [0.05, 0.1) is 0 Å². The Kier molecular flexibility index (Phi) is 6.10. The van der Waals surface area contributed by atoms with Gasteiger partial charge in [0.15, 0.2) is 0 Å². The van der Waals surface area contributed by atoms with E-state index in [0.29, 0.717) is 0 Å². The zero-order valence-electron chi connectivity index (χ0n) is 7.25. The van der Waals surface area contributed by atoms with Crippen molar-refractivity contribution in [2.75, 3.05) is 0 Å². The molecule has 0 aromatic rings. The first-order valence-electron chi connectivity index (χ1n) is 3.56. The lowest BCUT2D eigenvalue weighted by atomic mass is 10.5. The van der Waals surface area contributed by atoms with Crippen molar-refractivity contribution in [2.24, 2.45) is 0 Å². The molecule has 0 rings (SSSR count). The van der Waals surface area contributed by atoms with Crippen LogP contribution in [0.25, 0.3) is 0 Å². The molecule has 0 aliphatic carbocycles. The fourth-order valence-electron chi connectivity index (χ4n) is 0.375. The van der Waals surface area contributed by atoms with Gasteiger partial charge in [-0.1, -0.05) is 0 Å². The molecular weight excluding hydrogens is 235 g/mol. The molecule has 7 heteroatoms. The normalized spacial score (nSPS) is 15.4. The Hall–Kier alpha value is -0.263. The van der Waals surface area contributed by atoms with Gasteiger partial charge in [0.2, 0.25) is 0 Å². The third-order valence-corrected chi connectivity index (χ3v) is 2.21. The number of hydrogen-bond donors (Lipinski definition) is 0. The molecule has 0 aliphatic heterocycles. The van der Waals surface area contributed by atoms with Gasteiger partial charge in [-0.05, 0) is 13.8 Å². The van der Waals surface area contributed by atoms with E-state index in [1.165, 1.54) is 13.8 Å². The first kappa shape index (κ1) is 12.7. The third-order valence-electron chi connectivity index (χ3n) is 1.05. The minimum atomic E-state index is -1.64. The van der Waals surface area contributed by atoms with Gasteiger partial charge >= 0.3 is 21.9 Å². The van der Waals surface area contributed by atoms with Crippen LogP contribution in [0.3, 0.4) is 0 Å². The summed E-state index contributed by atoms with van der Waals surface area (Å²) >= 11 is 10.8. The topological polar surface area (TPSA) is 52.6 Å². The minimum Gasteiger partial charge on any atom is -0.488 e. The van der Waals surface area contributed by atoms with Gasteiger partial charge in [-0.3, -0.25) is 9.59 Å². The number of hydrogen-bond acceptors (Lipinski definition) is 4. The predicted octanol–water partition coefficient (Wildman–Crippen LogP) is 0.326. The molecule has 0 aromatic carbocycles. The van der Waals surface area contributed by atoms with E-state index >= 15 is 0 Å². The van der Waals surface area contributed by atoms with Gasteiger partial charge in [-0.15, -0.1) is 23.2 Å². The SMILES string of the molecule is CC(Cl)C(=O)O[SiH2]OC(=O)C(C)Cl. The molecule has 2 atom stereocenters. The number of halogens is 2. The van der Waals surface area contributed by atoms with Gasteiger partial charge < -0.3 is 8.85 Å². The van der Waals surface area contributed by atoms with Crippen LogP contribution in [-0.4, -0.2) is 32.7 Å². The summed E-state index contributed by atoms with van der Waals surface area (Å²) in [6.45, 7) is 2.95. The lowest BCUT2D eigenvalue weighted by molar-refractivity contribution is -0.138. The quantitative estimate of drug-likeness (QED) is 0.529. The zero-order chi connectivity index (χ0) is 10.4. The Labute approximate surface area is 88.5 Å². The van der Waals surface area contributed by atoms with Crippen molar-refractivity contribution in [1.82, 2.24) is 0 Å². The van der Waals surface area contributed by atoms with E-state index in [9.17, 15) is 9.59 Å². The summed E-state index contributed by atoms with van der Waals surface area (Å²) < 4.78 is 9.18. The maximum atomic E-state index is 10.8. The molecule has 0 amide bonds. The molecular formula is C6H10Cl2O4Si. The van der Waals surface area contributed by atoms with Gasteiger partial charge in [-0.25, -0.2) is 0 Å². The molecule has 0 spiro atoms. The fourth-order valence-corrected chi connectivity index (χ4v) is 1.50. The summed E-state index contributed by atoms with van der Waals surface area (Å²) in [5, 5.41) is -1.45. The van der Waals surface area contributed by atoms with Crippen molar-refractivity contribution in [1.29, 1.82) is 0 Å². The van der Waals surface area contributed by atoms with Crippen LogP contribution in [0.15, 0.2) is 0 Å². The highest BCUT2D eigenvalue weighted by atomic mass is 35.5. The van der Waals surface area contributed by atoms with Crippen LogP contribution >= 0.6 is 23.2 Å². The zero-order valence-corrected chi connectivity index (χ0v) is 10.2. The van der Waals surface area contributed by atoms with Crippen molar-refractivity contribution in [2.45, 2.75) is 24.6 Å². The number of carbonyl (C=O) groups excluding carboxylic acids is 2. The van der Waals surface area contributed by atoms with Gasteiger partial charge in [0.1, 0.15) is 10.8 Å². The molecule has 0 heterocycles. The minimum absolute atomic E-state index is 0.580. The van der Waals surface area contributed by atoms with Gasteiger partial charge in [0, 0.05) is 0 Å². The molecule has 0 bridgehead atoms. The average molecular weight is 245 g/mol. The van der Waals surface area contributed by atoms with Crippen LogP contribution in [0.5, 0.6) is 0 Å². The first-order valence-corrected chi connectivity index (χ1v) is 5.59. The van der Waals surface area contributed by atoms with Crippen LogP contribution in [0, 0.1) is 0 Å². The second-order valence-corrected chi connectivity index (χ2v) is 4.40. The van der Waals surface area contributed by atoms with Crippen molar-refractivity contribution < 1.29 is 18.4 Å². The second-order valence-electron chi connectivity index (χ2n) is 2.28. The molecule has 4 nitrogen and oxygen atoms in total. The Balaban J connectivity index is 3.57. The highest BCUT2D eigenvalue weighted by Gasteiger charge is 2.14. The summed E-state index contributed by atoms with van der Waals surface area (Å²) in [4.78, 5) is 21.5. The highest BCUT2D eigenvalue weighted by molar-refractivity contribution is 6.36. The summed E-state index contributed by atoms with van der Waals surface area (Å²) in [5.41, 5.74) is 0. The Morgan fingerprint density at radius 1 is 1.08 bits per heavy atom. The predicted molar refractivity (Wildman–Crippen MR) is 51.4 cm³/mol. The molecule has 0 saturated carbocycles. The van der Waals surface area contributed by atoms with E-state index in [2.05, 4.69) is 8.85 Å². The van der Waals surface area contributed by atoms with Crippen LogP contribution in [-0.2, 0) is 18.4 Å². The summed E-state index contributed by atoms with van der Waals surface area (Å²) in [6, 6.07) is 0. The molecule has 0 fully saturated rings. The Morgan fingerprint density at radius 3 is 1.62 bits per heavy atom. The smallest absolute Gasteiger partial charge is 0.432 e. The largest absolute Gasteiger partial charge is 0.488 e. The molecule has 0 saturated heterocycles. The standard InChI is InChI=1S/C6H10Cl2O4Si/c1-3(7)5(9)11-13-12-6(10)4(2)8/h3-4H,13H2,1-2H3. The van der Waals surface area contributed by atoms with Gasteiger partial charge in [0.25, 0.3) is 0 Å². The van der Waals surface area contributed by atoms with E-state index in [1.54, 1.807) is 0 Å². The number of rotatable bonds is 4. The number of carbonyl (C=O) groups is 2. The van der Waals surface area contributed by atoms with Crippen molar-refractivity contribution in [3.05, 3.63) is 0 Å². The summed E-state index contributed by atoms with van der Waals surface area (Å²) in [5.74, 6) is -1.16. The maximum absolute atomic E-state index is 10.8. The van der Waals surface area contributed by atoms with Crippen LogP contribution < -0.4 is 0 Å². The van der Waals surface area contributed by atoms with E-state index in [0.717, 1.165) is 0 Å².